The van der Waals surface area contributed by atoms with Crippen LogP contribution in [0.4, 0.5) is 0 Å². The molecule has 3 heterocycles. The minimum atomic E-state index is 0.586. The van der Waals surface area contributed by atoms with E-state index in [0.29, 0.717) is 4.77 Å². The van der Waals surface area contributed by atoms with Gasteiger partial charge >= 0.3 is 0 Å². The van der Waals surface area contributed by atoms with Gasteiger partial charge in [0.2, 0.25) is 0 Å². The van der Waals surface area contributed by atoms with Crippen LogP contribution in [0, 0.1) is 11.7 Å². The van der Waals surface area contributed by atoms with E-state index < -0.39 is 0 Å². The Kier molecular flexibility index (Phi) is 4.31. The largest absolute Gasteiger partial charge is 0.334 e. The van der Waals surface area contributed by atoms with E-state index in [-0.39, 0.29) is 0 Å². The van der Waals surface area contributed by atoms with Crippen LogP contribution in [-0.2, 0) is 19.5 Å². The molecule has 0 radical (unpaired) electrons. The van der Waals surface area contributed by atoms with Crippen LogP contribution in [0.2, 0.25) is 0 Å². The number of hydrogen-bond donors (Lipinski definition) is 1. The molecule has 1 N–H and O–H groups in total. The second-order valence-corrected chi connectivity index (χ2v) is 7.84. The van der Waals surface area contributed by atoms with Crippen molar-refractivity contribution in [3.05, 3.63) is 69.1 Å². The monoisotopic (exact) mass is 353 g/mol. The lowest BCUT2D eigenvalue weighted by molar-refractivity contribution is 0.245. The van der Waals surface area contributed by atoms with Gasteiger partial charge in [0, 0.05) is 53.3 Å². The van der Waals surface area contributed by atoms with E-state index in [1.54, 1.807) is 0 Å². The van der Waals surface area contributed by atoms with Crippen molar-refractivity contribution in [3.63, 3.8) is 0 Å². The van der Waals surface area contributed by atoms with E-state index in [4.69, 9.17) is 12.2 Å². The van der Waals surface area contributed by atoms with Gasteiger partial charge in [-0.2, -0.15) is 0 Å². The molecule has 3 nitrogen and oxygen atoms in total. The fraction of sp³-hybridized carbons (Fsp3) is 0.263. The van der Waals surface area contributed by atoms with E-state index >= 15 is 0 Å². The molecule has 1 aromatic carbocycles. The summed E-state index contributed by atoms with van der Waals surface area (Å²) in [6, 6.07) is 13.2. The first-order chi connectivity index (χ1) is 11.7. The Balaban J connectivity index is 1.48. The van der Waals surface area contributed by atoms with E-state index in [1.807, 2.05) is 17.5 Å². The Morgan fingerprint density at radius 3 is 2.88 bits per heavy atom. The standard InChI is InChI=1S/C19H19N3S2/c1-13-2-4-14(5-3-13)18-7-6-16(24-18)12-22-9-8-17-15(11-22)10-20-19(23)21-17/h2-7,10H,8-9,11-12H2,1H3,(H,20,21,23). The van der Waals surface area contributed by atoms with Crippen LogP contribution in [0.15, 0.2) is 42.6 Å². The average Bonchev–Trinajstić information content (AvgIpc) is 3.04. The van der Waals surface area contributed by atoms with Crippen LogP contribution in [0.5, 0.6) is 0 Å². The van der Waals surface area contributed by atoms with Gasteiger partial charge in [0.15, 0.2) is 4.77 Å². The first-order valence-corrected chi connectivity index (χ1v) is 9.35. The number of H-pyrrole nitrogens is 1. The minimum Gasteiger partial charge on any atom is -0.334 e. The lowest BCUT2D eigenvalue weighted by atomic mass is 10.1. The van der Waals surface area contributed by atoms with Gasteiger partial charge in [-0.1, -0.05) is 29.8 Å². The summed E-state index contributed by atoms with van der Waals surface area (Å²) in [5.74, 6) is 0. The Hall–Kier alpha value is -1.82. The third-order valence-electron chi connectivity index (χ3n) is 4.43. The molecular formula is C19H19N3S2. The average molecular weight is 354 g/mol. The van der Waals surface area contributed by atoms with Gasteiger partial charge in [0.25, 0.3) is 0 Å². The summed E-state index contributed by atoms with van der Waals surface area (Å²) in [7, 11) is 0. The summed E-state index contributed by atoms with van der Waals surface area (Å²) < 4.78 is 0.586. The zero-order valence-electron chi connectivity index (χ0n) is 13.6. The maximum atomic E-state index is 5.11. The van der Waals surface area contributed by atoms with Crippen LogP contribution < -0.4 is 0 Å². The van der Waals surface area contributed by atoms with E-state index in [9.17, 15) is 0 Å². The molecular weight excluding hydrogens is 334 g/mol. The maximum Gasteiger partial charge on any atom is 0.196 e. The molecule has 0 unspecified atom stereocenters. The highest BCUT2D eigenvalue weighted by atomic mass is 32.1. The number of aryl methyl sites for hydroxylation is 1. The molecule has 4 rings (SSSR count). The van der Waals surface area contributed by atoms with Crippen molar-refractivity contribution in [1.29, 1.82) is 0 Å². The number of aromatic nitrogens is 2. The predicted molar refractivity (Wildman–Crippen MR) is 102 cm³/mol. The van der Waals surface area contributed by atoms with Crippen molar-refractivity contribution in [2.45, 2.75) is 26.4 Å². The van der Waals surface area contributed by atoms with Crippen molar-refractivity contribution in [2.75, 3.05) is 6.54 Å². The molecule has 0 saturated carbocycles. The minimum absolute atomic E-state index is 0.586. The number of nitrogens with one attached hydrogen (secondary N) is 1. The Morgan fingerprint density at radius 2 is 2.04 bits per heavy atom. The molecule has 1 aliphatic heterocycles. The third-order valence-corrected chi connectivity index (χ3v) is 5.76. The van der Waals surface area contributed by atoms with Crippen molar-refractivity contribution in [1.82, 2.24) is 14.9 Å². The van der Waals surface area contributed by atoms with E-state index in [1.165, 1.54) is 32.1 Å². The second kappa shape index (κ2) is 6.59. The van der Waals surface area contributed by atoms with Gasteiger partial charge in [0.05, 0.1) is 0 Å². The summed E-state index contributed by atoms with van der Waals surface area (Å²) in [5.41, 5.74) is 5.12. The lowest BCUT2D eigenvalue weighted by Crippen LogP contribution is -2.30. The molecule has 0 aliphatic carbocycles. The molecule has 0 amide bonds. The van der Waals surface area contributed by atoms with Gasteiger partial charge in [-0.15, -0.1) is 11.3 Å². The quantitative estimate of drug-likeness (QED) is 0.691. The van der Waals surface area contributed by atoms with Crippen molar-refractivity contribution >= 4 is 23.6 Å². The van der Waals surface area contributed by atoms with E-state index in [2.05, 4.69) is 58.2 Å². The van der Waals surface area contributed by atoms with Gasteiger partial charge in [-0.3, -0.25) is 4.90 Å². The van der Waals surface area contributed by atoms with Crippen molar-refractivity contribution in [2.24, 2.45) is 0 Å². The van der Waals surface area contributed by atoms with Gasteiger partial charge < -0.3 is 4.98 Å². The number of benzene rings is 1. The first kappa shape index (κ1) is 15.7. The maximum absolute atomic E-state index is 5.11. The number of fused-ring (bicyclic) bond motifs is 1. The molecule has 0 atom stereocenters. The molecule has 1 aliphatic rings. The van der Waals surface area contributed by atoms with Crippen LogP contribution in [0.1, 0.15) is 21.7 Å². The molecule has 122 valence electrons. The van der Waals surface area contributed by atoms with E-state index in [0.717, 1.165) is 26.1 Å². The fourth-order valence-corrected chi connectivity index (χ4v) is 4.33. The first-order valence-electron chi connectivity index (χ1n) is 8.12. The summed E-state index contributed by atoms with van der Waals surface area (Å²) in [5, 5.41) is 0. The number of rotatable bonds is 3. The summed E-state index contributed by atoms with van der Waals surface area (Å²) in [6.45, 7) is 5.11. The summed E-state index contributed by atoms with van der Waals surface area (Å²) >= 11 is 7.00. The highest BCUT2D eigenvalue weighted by Crippen LogP contribution is 2.30. The zero-order valence-corrected chi connectivity index (χ0v) is 15.2. The third kappa shape index (κ3) is 3.34. The molecule has 2 aromatic heterocycles. The van der Waals surface area contributed by atoms with Gasteiger partial charge in [-0.05, 0) is 36.8 Å². The molecule has 0 fully saturated rings. The summed E-state index contributed by atoms with van der Waals surface area (Å²) in [6.07, 6.45) is 2.93. The molecule has 0 bridgehead atoms. The zero-order chi connectivity index (χ0) is 16.5. The van der Waals surface area contributed by atoms with Crippen LogP contribution >= 0.6 is 23.6 Å². The van der Waals surface area contributed by atoms with Gasteiger partial charge in [-0.25, -0.2) is 4.98 Å². The second-order valence-electron chi connectivity index (χ2n) is 6.28. The van der Waals surface area contributed by atoms with Crippen molar-refractivity contribution in [3.8, 4) is 10.4 Å². The Bertz CT molecular complexity index is 909. The van der Waals surface area contributed by atoms with Crippen LogP contribution in [0.3, 0.4) is 0 Å². The highest BCUT2D eigenvalue weighted by molar-refractivity contribution is 7.71. The molecule has 24 heavy (non-hydrogen) atoms. The fourth-order valence-electron chi connectivity index (χ4n) is 3.10. The molecule has 3 aromatic rings. The van der Waals surface area contributed by atoms with Gasteiger partial charge in [0.1, 0.15) is 0 Å². The number of hydrogen-bond acceptors (Lipinski definition) is 4. The molecule has 0 saturated heterocycles. The molecule has 5 heteroatoms. The predicted octanol–water partition coefficient (Wildman–Crippen LogP) is 4.73. The normalized spacial score (nSPS) is 14.5. The smallest absolute Gasteiger partial charge is 0.196 e. The number of aromatic amines is 1. The lowest BCUT2D eigenvalue weighted by Gasteiger charge is -2.27. The topological polar surface area (TPSA) is 31.9 Å². The SMILES string of the molecule is Cc1ccc(-c2ccc(CN3CCc4[nH]c(=S)ncc4C3)s2)cc1. The molecule has 0 spiro atoms. The highest BCUT2D eigenvalue weighted by Gasteiger charge is 2.17. The van der Waals surface area contributed by atoms with Crippen molar-refractivity contribution < 1.29 is 0 Å². The Labute approximate surface area is 151 Å². The summed E-state index contributed by atoms with van der Waals surface area (Å²) in [4.78, 5) is 12.7. The Morgan fingerprint density at radius 1 is 1.21 bits per heavy atom. The number of thiophene rings is 1. The van der Waals surface area contributed by atoms with Crippen LogP contribution in [-0.4, -0.2) is 21.4 Å². The number of nitrogens with zero attached hydrogens (tertiary/aromatic N) is 2. The van der Waals surface area contributed by atoms with Crippen LogP contribution in [0.25, 0.3) is 10.4 Å².